The number of ether oxygens (including phenoxy) is 1. The molecule has 1 spiro atoms. The Hall–Kier alpha value is -2.41. The third-order valence-corrected chi connectivity index (χ3v) is 5.83. The fourth-order valence-electron chi connectivity index (χ4n) is 4.41. The standard InChI is InChI=1S/C20H27N3O4/c1-18(2)12-20(13-19(3,4)22(18)5)15(24)23(16(25)21-20)17(26)27-11-14-9-7-6-8-10-14/h6-10H,11-13H2,1-5H3,(H,21,25). The number of hydrogen-bond donors (Lipinski definition) is 1. The summed E-state index contributed by atoms with van der Waals surface area (Å²) in [5.74, 6) is -0.528. The van der Waals surface area contributed by atoms with Crippen LogP contribution in [0.15, 0.2) is 30.3 Å². The number of nitrogens with one attached hydrogen (secondary N) is 1. The first-order valence-electron chi connectivity index (χ1n) is 9.10. The third-order valence-electron chi connectivity index (χ3n) is 5.83. The van der Waals surface area contributed by atoms with Gasteiger partial charge in [-0.15, -0.1) is 0 Å². The Morgan fingerprint density at radius 3 is 2.19 bits per heavy atom. The molecular formula is C20H27N3O4. The summed E-state index contributed by atoms with van der Waals surface area (Å²) < 4.78 is 5.21. The molecule has 0 saturated carbocycles. The van der Waals surface area contributed by atoms with E-state index in [0.29, 0.717) is 17.7 Å². The fourth-order valence-corrected chi connectivity index (χ4v) is 4.41. The predicted molar refractivity (Wildman–Crippen MR) is 99.9 cm³/mol. The maximum Gasteiger partial charge on any atom is 0.425 e. The lowest BCUT2D eigenvalue weighted by atomic mass is 9.69. The molecule has 0 atom stereocenters. The van der Waals surface area contributed by atoms with Crippen molar-refractivity contribution < 1.29 is 19.1 Å². The van der Waals surface area contributed by atoms with Crippen molar-refractivity contribution in [1.29, 1.82) is 0 Å². The molecule has 0 bridgehead atoms. The van der Waals surface area contributed by atoms with Gasteiger partial charge in [-0.25, -0.2) is 9.59 Å². The van der Waals surface area contributed by atoms with Crippen LogP contribution in [-0.4, -0.2) is 51.5 Å². The van der Waals surface area contributed by atoms with Crippen LogP contribution in [0.1, 0.15) is 46.1 Å². The van der Waals surface area contributed by atoms with Crippen molar-refractivity contribution in [3.63, 3.8) is 0 Å². The number of carbonyl (C=O) groups is 3. The molecule has 2 saturated heterocycles. The second-order valence-corrected chi connectivity index (χ2v) is 8.73. The van der Waals surface area contributed by atoms with E-state index in [9.17, 15) is 14.4 Å². The van der Waals surface area contributed by atoms with E-state index in [2.05, 4.69) is 10.2 Å². The second kappa shape index (κ2) is 6.34. The summed E-state index contributed by atoms with van der Waals surface area (Å²) in [5, 5.41) is 2.79. The summed E-state index contributed by atoms with van der Waals surface area (Å²) in [6, 6.07) is 8.42. The summed E-state index contributed by atoms with van der Waals surface area (Å²) >= 11 is 0. The van der Waals surface area contributed by atoms with Gasteiger partial charge in [0.05, 0.1) is 0 Å². The number of benzene rings is 1. The molecule has 7 nitrogen and oxygen atoms in total. The molecule has 1 N–H and O–H groups in total. The number of hydrogen-bond acceptors (Lipinski definition) is 5. The molecule has 0 radical (unpaired) electrons. The largest absolute Gasteiger partial charge is 0.444 e. The Kier molecular flexibility index (Phi) is 4.54. The zero-order valence-corrected chi connectivity index (χ0v) is 16.5. The number of urea groups is 1. The van der Waals surface area contributed by atoms with Crippen molar-refractivity contribution >= 4 is 18.0 Å². The van der Waals surface area contributed by atoms with Gasteiger partial charge in [-0.05, 0) is 53.1 Å². The highest BCUT2D eigenvalue weighted by Crippen LogP contribution is 2.45. The molecule has 0 unspecified atom stereocenters. The predicted octanol–water partition coefficient (Wildman–Crippen LogP) is 2.90. The van der Waals surface area contributed by atoms with Gasteiger partial charge in [0.25, 0.3) is 5.91 Å². The van der Waals surface area contributed by atoms with Crippen LogP contribution >= 0.6 is 0 Å². The minimum Gasteiger partial charge on any atom is -0.444 e. The van der Waals surface area contributed by atoms with E-state index >= 15 is 0 Å². The molecule has 2 aliphatic heterocycles. The smallest absolute Gasteiger partial charge is 0.425 e. The first-order chi connectivity index (χ1) is 12.5. The lowest BCUT2D eigenvalue weighted by Gasteiger charge is -2.56. The molecule has 3 rings (SSSR count). The molecule has 4 amide bonds. The van der Waals surface area contributed by atoms with Crippen LogP contribution in [0.25, 0.3) is 0 Å². The van der Waals surface area contributed by atoms with Crippen LogP contribution in [0, 0.1) is 0 Å². The van der Waals surface area contributed by atoms with Gasteiger partial charge >= 0.3 is 12.1 Å². The Balaban J connectivity index is 1.79. The van der Waals surface area contributed by atoms with Crippen molar-refractivity contribution in [2.75, 3.05) is 7.05 Å². The Morgan fingerprint density at radius 1 is 1.07 bits per heavy atom. The van der Waals surface area contributed by atoms with Gasteiger partial charge in [-0.1, -0.05) is 30.3 Å². The van der Waals surface area contributed by atoms with Crippen molar-refractivity contribution in [2.45, 2.75) is 63.8 Å². The molecule has 0 aliphatic carbocycles. The van der Waals surface area contributed by atoms with E-state index < -0.39 is 23.6 Å². The molecular weight excluding hydrogens is 346 g/mol. The van der Waals surface area contributed by atoms with Gasteiger partial charge in [-0.3, -0.25) is 9.69 Å². The lowest BCUT2D eigenvalue weighted by Crippen LogP contribution is -2.68. The Morgan fingerprint density at radius 2 is 1.63 bits per heavy atom. The average molecular weight is 373 g/mol. The van der Waals surface area contributed by atoms with Gasteiger partial charge in [-0.2, -0.15) is 4.90 Å². The molecule has 0 aromatic heterocycles. The van der Waals surface area contributed by atoms with Crippen molar-refractivity contribution in [1.82, 2.24) is 15.1 Å². The highest BCUT2D eigenvalue weighted by Gasteiger charge is 2.62. The van der Waals surface area contributed by atoms with E-state index in [0.717, 1.165) is 5.56 Å². The van der Waals surface area contributed by atoms with Crippen molar-refractivity contribution in [3.8, 4) is 0 Å². The molecule has 1 aromatic carbocycles. The van der Waals surface area contributed by atoms with Crippen LogP contribution < -0.4 is 5.32 Å². The normalized spacial score (nSPS) is 23.4. The summed E-state index contributed by atoms with van der Waals surface area (Å²) in [4.78, 5) is 40.9. The van der Waals surface area contributed by atoms with Crippen LogP contribution in [0.3, 0.4) is 0 Å². The third kappa shape index (κ3) is 3.32. The maximum absolute atomic E-state index is 13.2. The van der Waals surface area contributed by atoms with Gasteiger partial charge in [0, 0.05) is 11.1 Å². The SMILES string of the molecule is CN1C(C)(C)CC2(CC1(C)C)NC(=O)N(C(=O)OCc1ccccc1)C2=O. The first kappa shape index (κ1) is 19.4. The van der Waals surface area contributed by atoms with Crippen LogP contribution in [-0.2, 0) is 16.1 Å². The van der Waals surface area contributed by atoms with Crippen molar-refractivity contribution in [2.24, 2.45) is 0 Å². The fraction of sp³-hybridized carbons (Fsp3) is 0.550. The van der Waals surface area contributed by atoms with Crippen LogP contribution in [0.5, 0.6) is 0 Å². The van der Waals surface area contributed by atoms with Gasteiger partial charge in [0.15, 0.2) is 0 Å². The zero-order chi connectivity index (χ0) is 20.0. The second-order valence-electron chi connectivity index (χ2n) is 8.73. The summed E-state index contributed by atoms with van der Waals surface area (Å²) in [5.41, 5.74) is -0.958. The molecule has 2 fully saturated rings. The van der Waals surface area contributed by atoms with E-state index in [4.69, 9.17) is 4.74 Å². The summed E-state index contributed by atoms with van der Waals surface area (Å²) in [6.07, 6.45) is -0.0901. The molecule has 146 valence electrons. The van der Waals surface area contributed by atoms with Gasteiger partial charge in [0.2, 0.25) is 0 Å². The topological polar surface area (TPSA) is 79.0 Å². The molecule has 7 heteroatoms. The molecule has 2 aliphatic rings. The van der Waals surface area contributed by atoms with Crippen molar-refractivity contribution in [3.05, 3.63) is 35.9 Å². The monoisotopic (exact) mass is 373 g/mol. The van der Waals surface area contributed by atoms with Crippen LogP contribution in [0.2, 0.25) is 0 Å². The van der Waals surface area contributed by atoms with Gasteiger partial charge < -0.3 is 10.1 Å². The van der Waals surface area contributed by atoms with E-state index in [-0.39, 0.29) is 17.7 Å². The molecule has 27 heavy (non-hydrogen) atoms. The number of imide groups is 3. The van der Waals surface area contributed by atoms with Crippen LogP contribution in [0.4, 0.5) is 9.59 Å². The molecule has 1 aromatic rings. The maximum atomic E-state index is 13.2. The summed E-state index contributed by atoms with van der Waals surface area (Å²) in [7, 11) is 2.01. The van der Waals surface area contributed by atoms with E-state index in [1.54, 1.807) is 0 Å². The zero-order valence-electron chi connectivity index (χ0n) is 16.5. The number of rotatable bonds is 2. The number of piperidine rings is 1. The quantitative estimate of drug-likeness (QED) is 0.807. The highest BCUT2D eigenvalue weighted by molar-refractivity contribution is 6.17. The van der Waals surface area contributed by atoms with E-state index in [1.807, 2.05) is 65.1 Å². The first-order valence-corrected chi connectivity index (χ1v) is 9.10. The van der Waals surface area contributed by atoms with E-state index in [1.165, 1.54) is 0 Å². The summed E-state index contributed by atoms with van der Waals surface area (Å²) in [6.45, 7) is 8.14. The minimum absolute atomic E-state index is 0.00343. The average Bonchev–Trinajstić information content (AvgIpc) is 2.80. The Bertz CT molecular complexity index is 755. The number of nitrogens with zero attached hydrogens (tertiary/aromatic N) is 2. The number of amides is 4. The Labute approximate surface area is 159 Å². The molecule has 2 heterocycles. The lowest BCUT2D eigenvalue weighted by molar-refractivity contribution is -0.138. The number of likely N-dealkylation sites (tertiary alicyclic amines) is 1. The van der Waals surface area contributed by atoms with Gasteiger partial charge in [0.1, 0.15) is 12.1 Å². The number of carbonyl (C=O) groups excluding carboxylic acids is 3. The minimum atomic E-state index is -1.09. The highest BCUT2D eigenvalue weighted by atomic mass is 16.6.